The van der Waals surface area contributed by atoms with E-state index in [1.807, 2.05) is 19.0 Å². The highest BCUT2D eigenvalue weighted by atomic mass is 16.2. The average Bonchev–Trinajstić information content (AvgIpc) is 2.65. The van der Waals surface area contributed by atoms with Crippen LogP contribution in [0.5, 0.6) is 0 Å². The highest BCUT2D eigenvalue weighted by Crippen LogP contribution is 2.17. The van der Waals surface area contributed by atoms with E-state index in [-0.39, 0.29) is 5.91 Å². The van der Waals surface area contributed by atoms with Gasteiger partial charge < -0.3 is 9.80 Å². The smallest absolute Gasteiger partial charge is 0.236 e. The molecule has 1 unspecified atom stereocenters. The molecule has 90 valence electrons. The summed E-state index contributed by atoms with van der Waals surface area (Å²) >= 11 is 0. The number of terminal acetylenes is 1. The van der Waals surface area contributed by atoms with Gasteiger partial charge in [-0.05, 0) is 26.9 Å². The minimum Gasteiger partial charge on any atom is -0.337 e. The van der Waals surface area contributed by atoms with Crippen molar-refractivity contribution in [2.75, 3.05) is 40.3 Å². The number of nitrogens with one attached hydrogen (secondary N) is 1. The molecule has 1 aliphatic heterocycles. The summed E-state index contributed by atoms with van der Waals surface area (Å²) in [7, 11) is 4.08. The van der Waals surface area contributed by atoms with Crippen molar-refractivity contribution in [1.82, 2.24) is 15.1 Å². The van der Waals surface area contributed by atoms with E-state index >= 15 is 0 Å². The summed E-state index contributed by atoms with van der Waals surface area (Å²) in [6, 6.07) is 0.370. The zero-order valence-electron chi connectivity index (χ0n) is 10.2. The molecule has 0 aromatic rings. The zero-order valence-corrected chi connectivity index (χ0v) is 10.2. The van der Waals surface area contributed by atoms with Gasteiger partial charge in [0.2, 0.25) is 5.91 Å². The maximum Gasteiger partial charge on any atom is 0.236 e. The van der Waals surface area contributed by atoms with Crippen LogP contribution in [0.3, 0.4) is 0 Å². The first kappa shape index (κ1) is 13.0. The van der Waals surface area contributed by atoms with Crippen LogP contribution in [0, 0.1) is 12.3 Å². The van der Waals surface area contributed by atoms with Crippen molar-refractivity contribution in [3.05, 3.63) is 0 Å². The highest BCUT2D eigenvalue weighted by Gasteiger charge is 2.28. The van der Waals surface area contributed by atoms with Crippen molar-refractivity contribution >= 4 is 5.91 Å². The molecule has 4 heteroatoms. The number of rotatable bonds is 5. The Bertz CT molecular complexity index is 270. The predicted molar refractivity (Wildman–Crippen MR) is 65.0 cm³/mol. The van der Waals surface area contributed by atoms with Crippen LogP contribution in [0.4, 0.5) is 0 Å². The normalized spacial score (nSPS) is 20.1. The maximum absolute atomic E-state index is 11.9. The van der Waals surface area contributed by atoms with E-state index in [2.05, 4.69) is 16.1 Å². The molecule has 0 spiro atoms. The Labute approximate surface area is 98.0 Å². The monoisotopic (exact) mass is 223 g/mol. The maximum atomic E-state index is 11.9. The lowest BCUT2D eigenvalue weighted by atomic mass is 10.2. The van der Waals surface area contributed by atoms with E-state index in [9.17, 15) is 4.79 Å². The van der Waals surface area contributed by atoms with E-state index in [1.165, 1.54) is 0 Å². The number of carbonyl (C=O) groups excluding carboxylic acids is 1. The summed E-state index contributed by atoms with van der Waals surface area (Å²) in [6.45, 7) is 2.64. The number of hydrogen-bond donors (Lipinski definition) is 1. The van der Waals surface area contributed by atoms with Crippen LogP contribution in [-0.4, -0.2) is 62.0 Å². The Morgan fingerprint density at radius 3 is 3.00 bits per heavy atom. The molecule has 1 fully saturated rings. The number of likely N-dealkylation sites (N-methyl/N-ethyl adjacent to an activating group) is 1. The number of carbonyl (C=O) groups is 1. The van der Waals surface area contributed by atoms with Crippen LogP contribution < -0.4 is 5.32 Å². The molecular formula is C12H21N3O. The first-order valence-electron chi connectivity index (χ1n) is 5.73. The number of nitrogens with zero attached hydrogens (tertiary/aromatic N) is 2. The quantitative estimate of drug-likeness (QED) is 0.516. The second-order valence-electron chi connectivity index (χ2n) is 4.45. The first-order valence-corrected chi connectivity index (χ1v) is 5.73. The second-order valence-corrected chi connectivity index (χ2v) is 4.45. The van der Waals surface area contributed by atoms with Crippen LogP contribution in [0.15, 0.2) is 0 Å². The van der Waals surface area contributed by atoms with Gasteiger partial charge in [-0.3, -0.25) is 10.1 Å². The van der Waals surface area contributed by atoms with E-state index in [0.29, 0.717) is 19.1 Å². The van der Waals surface area contributed by atoms with Crippen molar-refractivity contribution in [3.8, 4) is 12.3 Å². The molecule has 0 aromatic carbocycles. The lowest BCUT2D eigenvalue weighted by molar-refractivity contribution is -0.131. The van der Waals surface area contributed by atoms with E-state index in [0.717, 1.165) is 25.9 Å². The molecule has 1 rings (SSSR count). The Kier molecular flexibility index (Phi) is 5.30. The van der Waals surface area contributed by atoms with Crippen molar-refractivity contribution in [2.24, 2.45) is 0 Å². The molecule has 0 aromatic heterocycles. The summed E-state index contributed by atoms with van der Waals surface area (Å²) in [5.41, 5.74) is 0. The minimum atomic E-state index is 0.166. The van der Waals surface area contributed by atoms with E-state index in [1.54, 1.807) is 0 Å². The Hall–Kier alpha value is -1.05. The van der Waals surface area contributed by atoms with Crippen molar-refractivity contribution in [2.45, 2.75) is 18.9 Å². The van der Waals surface area contributed by atoms with Gasteiger partial charge in [0.05, 0.1) is 13.1 Å². The van der Waals surface area contributed by atoms with Crippen LogP contribution in [0.25, 0.3) is 0 Å². The number of amides is 1. The fourth-order valence-electron chi connectivity index (χ4n) is 2.12. The Morgan fingerprint density at radius 1 is 1.62 bits per heavy atom. The summed E-state index contributed by atoms with van der Waals surface area (Å²) in [6.07, 6.45) is 7.34. The SMILES string of the molecule is C#CCNCC(=O)N1CCCC1CN(C)C. The van der Waals surface area contributed by atoms with Crippen molar-refractivity contribution in [1.29, 1.82) is 0 Å². The summed E-state index contributed by atoms with van der Waals surface area (Å²) in [4.78, 5) is 16.0. The molecular weight excluding hydrogens is 202 g/mol. The van der Waals surface area contributed by atoms with Gasteiger partial charge in [0, 0.05) is 19.1 Å². The fourth-order valence-corrected chi connectivity index (χ4v) is 2.12. The van der Waals surface area contributed by atoms with Gasteiger partial charge in [-0.2, -0.15) is 0 Å². The predicted octanol–water partition coefficient (Wildman–Crippen LogP) is -0.238. The summed E-state index contributed by atoms with van der Waals surface area (Å²) < 4.78 is 0. The Balaban J connectivity index is 2.38. The van der Waals surface area contributed by atoms with Gasteiger partial charge in [-0.1, -0.05) is 5.92 Å². The third-order valence-corrected chi connectivity index (χ3v) is 2.78. The van der Waals surface area contributed by atoms with Crippen molar-refractivity contribution in [3.63, 3.8) is 0 Å². The lowest BCUT2D eigenvalue weighted by Gasteiger charge is -2.27. The number of likely N-dealkylation sites (tertiary alicyclic amines) is 1. The lowest BCUT2D eigenvalue weighted by Crippen LogP contribution is -2.44. The average molecular weight is 223 g/mol. The van der Waals surface area contributed by atoms with E-state index in [4.69, 9.17) is 6.42 Å². The molecule has 0 radical (unpaired) electrons. The third kappa shape index (κ3) is 3.84. The molecule has 1 aliphatic rings. The first-order chi connectivity index (χ1) is 7.65. The molecule has 1 heterocycles. The van der Waals surface area contributed by atoms with Crippen LogP contribution in [0.2, 0.25) is 0 Å². The summed E-state index contributed by atoms with van der Waals surface area (Å²) in [5.74, 6) is 2.63. The molecule has 4 nitrogen and oxygen atoms in total. The van der Waals surface area contributed by atoms with Crippen molar-refractivity contribution < 1.29 is 4.79 Å². The van der Waals surface area contributed by atoms with Gasteiger partial charge in [0.25, 0.3) is 0 Å². The highest BCUT2D eigenvalue weighted by molar-refractivity contribution is 5.78. The standard InChI is InChI=1S/C12H21N3O/c1-4-7-13-9-12(16)15-8-5-6-11(15)10-14(2)3/h1,11,13H,5-10H2,2-3H3. The third-order valence-electron chi connectivity index (χ3n) is 2.78. The molecule has 1 N–H and O–H groups in total. The van der Waals surface area contributed by atoms with Crippen LogP contribution >= 0.6 is 0 Å². The molecule has 1 amide bonds. The van der Waals surface area contributed by atoms with Crippen LogP contribution in [-0.2, 0) is 4.79 Å². The molecule has 1 saturated heterocycles. The molecule has 16 heavy (non-hydrogen) atoms. The van der Waals surface area contributed by atoms with Gasteiger partial charge >= 0.3 is 0 Å². The van der Waals surface area contributed by atoms with E-state index < -0.39 is 0 Å². The topological polar surface area (TPSA) is 35.6 Å². The molecule has 1 atom stereocenters. The van der Waals surface area contributed by atoms with Gasteiger partial charge in [0.15, 0.2) is 0 Å². The van der Waals surface area contributed by atoms with Gasteiger partial charge in [0.1, 0.15) is 0 Å². The second kappa shape index (κ2) is 6.51. The minimum absolute atomic E-state index is 0.166. The molecule has 0 aliphatic carbocycles. The fraction of sp³-hybridized carbons (Fsp3) is 0.750. The largest absolute Gasteiger partial charge is 0.337 e. The molecule has 0 saturated carbocycles. The summed E-state index contributed by atoms with van der Waals surface area (Å²) in [5, 5.41) is 2.94. The Morgan fingerprint density at radius 2 is 2.38 bits per heavy atom. The van der Waals surface area contributed by atoms with Crippen LogP contribution in [0.1, 0.15) is 12.8 Å². The number of hydrogen-bond acceptors (Lipinski definition) is 3. The van der Waals surface area contributed by atoms with Gasteiger partial charge in [-0.15, -0.1) is 6.42 Å². The molecule has 0 bridgehead atoms. The van der Waals surface area contributed by atoms with Gasteiger partial charge in [-0.25, -0.2) is 0 Å². The zero-order chi connectivity index (χ0) is 12.0.